The highest BCUT2D eigenvalue weighted by Gasteiger charge is 2.16. The Morgan fingerprint density at radius 1 is 1.05 bits per heavy atom. The molecule has 21 heavy (non-hydrogen) atoms. The van der Waals surface area contributed by atoms with E-state index in [2.05, 4.69) is 20.4 Å². The lowest BCUT2D eigenvalue weighted by molar-refractivity contribution is 0.0822. The fraction of sp³-hybridized carbons (Fsp3) is 0.133. The Kier molecular flexibility index (Phi) is 3.27. The van der Waals surface area contributed by atoms with Gasteiger partial charge in [-0.1, -0.05) is 30.3 Å². The molecule has 1 aromatic carbocycles. The number of hydrogen-bond donors (Lipinski definition) is 2. The molecule has 0 radical (unpaired) electrons. The van der Waals surface area contributed by atoms with Crippen molar-refractivity contribution in [2.45, 2.75) is 0 Å². The minimum atomic E-state index is -0.0778. The Morgan fingerprint density at radius 2 is 1.71 bits per heavy atom. The molecule has 2 aromatic heterocycles. The van der Waals surface area contributed by atoms with Crippen molar-refractivity contribution >= 4 is 5.91 Å². The van der Waals surface area contributed by atoms with Crippen molar-refractivity contribution < 1.29 is 4.79 Å². The van der Waals surface area contributed by atoms with Gasteiger partial charge in [0, 0.05) is 31.4 Å². The molecule has 0 fully saturated rings. The zero-order valence-corrected chi connectivity index (χ0v) is 11.8. The number of H-pyrrole nitrogens is 2. The van der Waals surface area contributed by atoms with Crippen LogP contribution in [0, 0.1) is 0 Å². The number of nitrogens with one attached hydrogen (secondary N) is 2. The molecular formula is C15H15N5O. The lowest BCUT2D eigenvalue weighted by Crippen LogP contribution is -2.21. The fourth-order valence-electron chi connectivity index (χ4n) is 2.12. The number of benzene rings is 1. The normalized spacial score (nSPS) is 10.6. The van der Waals surface area contributed by atoms with Crippen molar-refractivity contribution in [3.05, 3.63) is 48.3 Å². The van der Waals surface area contributed by atoms with E-state index in [1.807, 2.05) is 30.3 Å². The number of aromatic amines is 2. The molecule has 6 heteroatoms. The molecule has 1 amide bonds. The highest BCUT2D eigenvalue weighted by atomic mass is 16.2. The van der Waals surface area contributed by atoms with E-state index in [0.29, 0.717) is 5.69 Å². The van der Waals surface area contributed by atoms with Crippen molar-refractivity contribution in [2.75, 3.05) is 14.1 Å². The summed E-state index contributed by atoms with van der Waals surface area (Å²) >= 11 is 0. The summed E-state index contributed by atoms with van der Waals surface area (Å²) in [6.45, 7) is 0. The second kappa shape index (κ2) is 5.24. The van der Waals surface area contributed by atoms with Gasteiger partial charge < -0.3 is 9.88 Å². The number of carbonyl (C=O) groups is 1. The zero-order valence-electron chi connectivity index (χ0n) is 11.8. The maximum Gasteiger partial charge on any atom is 0.269 e. The van der Waals surface area contributed by atoms with E-state index in [1.54, 1.807) is 26.4 Å². The third-order valence-corrected chi connectivity index (χ3v) is 3.19. The third kappa shape index (κ3) is 2.43. The van der Waals surface area contributed by atoms with Crippen LogP contribution in [0.15, 0.2) is 42.6 Å². The average Bonchev–Trinajstić information content (AvgIpc) is 3.16. The monoisotopic (exact) mass is 281 g/mol. The van der Waals surface area contributed by atoms with Gasteiger partial charge >= 0.3 is 0 Å². The van der Waals surface area contributed by atoms with Crippen LogP contribution in [-0.4, -0.2) is 45.3 Å². The third-order valence-electron chi connectivity index (χ3n) is 3.19. The fourth-order valence-corrected chi connectivity index (χ4v) is 2.12. The van der Waals surface area contributed by atoms with Gasteiger partial charge in [-0.3, -0.25) is 4.79 Å². The summed E-state index contributed by atoms with van der Waals surface area (Å²) in [4.78, 5) is 16.4. The Balaban J connectivity index is 2.00. The summed E-state index contributed by atoms with van der Waals surface area (Å²) in [5.41, 5.74) is 3.81. The van der Waals surface area contributed by atoms with Crippen LogP contribution >= 0.6 is 0 Å². The Bertz CT molecular complexity index is 757. The summed E-state index contributed by atoms with van der Waals surface area (Å²) in [5.74, 6) is -0.0778. The van der Waals surface area contributed by atoms with E-state index in [-0.39, 0.29) is 5.91 Å². The minimum absolute atomic E-state index is 0.0778. The molecule has 0 aliphatic heterocycles. The van der Waals surface area contributed by atoms with Crippen molar-refractivity contribution in [1.29, 1.82) is 0 Å². The number of rotatable bonds is 3. The first-order valence-corrected chi connectivity index (χ1v) is 6.53. The highest BCUT2D eigenvalue weighted by molar-refractivity contribution is 5.94. The molecule has 2 N–H and O–H groups in total. The summed E-state index contributed by atoms with van der Waals surface area (Å²) in [6.07, 6.45) is 1.76. The summed E-state index contributed by atoms with van der Waals surface area (Å²) in [5, 5.41) is 11.1. The molecule has 0 aliphatic rings. The van der Waals surface area contributed by atoms with Gasteiger partial charge in [0.15, 0.2) is 0 Å². The largest absolute Gasteiger partial charge is 0.357 e. The van der Waals surface area contributed by atoms with Gasteiger partial charge in [-0.05, 0) is 6.07 Å². The molecule has 0 spiro atoms. The predicted octanol–water partition coefficient (Wildman–Crippen LogP) is 2.17. The van der Waals surface area contributed by atoms with Crippen LogP contribution in [0.1, 0.15) is 10.5 Å². The van der Waals surface area contributed by atoms with E-state index >= 15 is 0 Å². The molecule has 3 rings (SSSR count). The lowest BCUT2D eigenvalue weighted by Gasteiger charge is -2.07. The maximum atomic E-state index is 11.9. The van der Waals surface area contributed by atoms with Gasteiger partial charge in [0.25, 0.3) is 5.91 Å². The van der Waals surface area contributed by atoms with E-state index in [9.17, 15) is 4.79 Å². The van der Waals surface area contributed by atoms with Gasteiger partial charge in [0.2, 0.25) is 0 Å². The van der Waals surface area contributed by atoms with Crippen LogP contribution in [0.3, 0.4) is 0 Å². The number of aromatic nitrogens is 4. The topological polar surface area (TPSA) is 77.7 Å². The average molecular weight is 281 g/mol. The van der Waals surface area contributed by atoms with Crippen LogP contribution in [0.2, 0.25) is 0 Å². The van der Waals surface area contributed by atoms with Crippen molar-refractivity contribution in [1.82, 2.24) is 25.3 Å². The molecule has 6 nitrogen and oxygen atoms in total. The maximum absolute atomic E-state index is 11.9. The van der Waals surface area contributed by atoms with Crippen LogP contribution < -0.4 is 0 Å². The summed E-state index contributed by atoms with van der Waals surface area (Å²) < 4.78 is 0. The van der Waals surface area contributed by atoms with Crippen LogP contribution in [-0.2, 0) is 0 Å². The highest BCUT2D eigenvalue weighted by Crippen LogP contribution is 2.28. The Morgan fingerprint density at radius 3 is 2.38 bits per heavy atom. The second-order valence-corrected chi connectivity index (χ2v) is 4.89. The zero-order chi connectivity index (χ0) is 14.8. The van der Waals surface area contributed by atoms with Crippen molar-refractivity contribution in [2.24, 2.45) is 0 Å². The van der Waals surface area contributed by atoms with Crippen LogP contribution in [0.5, 0.6) is 0 Å². The predicted molar refractivity (Wildman–Crippen MR) is 79.6 cm³/mol. The lowest BCUT2D eigenvalue weighted by atomic mass is 10.1. The number of nitrogens with zero attached hydrogens (tertiary/aromatic N) is 3. The minimum Gasteiger partial charge on any atom is -0.357 e. The van der Waals surface area contributed by atoms with E-state index in [4.69, 9.17) is 0 Å². The Labute approximate surface area is 121 Å². The molecule has 0 bridgehead atoms. The molecule has 0 aliphatic carbocycles. The summed E-state index contributed by atoms with van der Waals surface area (Å²) in [6, 6.07) is 11.6. The standard InChI is InChI=1S/C15H15N5O/c1-20(2)15(21)12-8-11(9-16-12)14-13(17-19-18-14)10-6-4-3-5-7-10/h3-9,16H,1-2H3,(H,17,18,19). The molecule has 0 saturated heterocycles. The number of hydrogen-bond acceptors (Lipinski definition) is 3. The molecule has 2 heterocycles. The molecule has 0 atom stereocenters. The van der Waals surface area contributed by atoms with Gasteiger partial charge in [-0.2, -0.15) is 15.4 Å². The smallest absolute Gasteiger partial charge is 0.269 e. The van der Waals surface area contributed by atoms with E-state index in [0.717, 1.165) is 22.5 Å². The first kappa shape index (κ1) is 13.1. The molecular weight excluding hydrogens is 266 g/mol. The number of carbonyl (C=O) groups excluding carboxylic acids is 1. The van der Waals surface area contributed by atoms with Crippen molar-refractivity contribution in [3.8, 4) is 22.5 Å². The van der Waals surface area contributed by atoms with Crippen LogP contribution in [0.25, 0.3) is 22.5 Å². The van der Waals surface area contributed by atoms with Gasteiger partial charge in [0.1, 0.15) is 17.1 Å². The SMILES string of the molecule is CN(C)C(=O)c1cc(-c2n[nH]nc2-c2ccccc2)c[nH]1. The summed E-state index contributed by atoms with van der Waals surface area (Å²) in [7, 11) is 3.43. The van der Waals surface area contributed by atoms with Crippen molar-refractivity contribution in [3.63, 3.8) is 0 Å². The second-order valence-electron chi connectivity index (χ2n) is 4.89. The number of amides is 1. The van der Waals surface area contributed by atoms with E-state index < -0.39 is 0 Å². The first-order chi connectivity index (χ1) is 10.2. The quantitative estimate of drug-likeness (QED) is 0.772. The molecule has 0 unspecified atom stereocenters. The molecule has 3 aromatic rings. The first-order valence-electron chi connectivity index (χ1n) is 6.53. The molecule has 0 saturated carbocycles. The van der Waals surface area contributed by atoms with Gasteiger partial charge in [-0.15, -0.1) is 0 Å². The molecule has 106 valence electrons. The van der Waals surface area contributed by atoms with E-state index in [1.165, 1.54) is 4.90 Å². The van der Waals surface area contributed by atoms with Gasteiger partial charge in [-0.25, -0.2) is 0 Å². The van der Waals surface area contributed by atoms with Gasteiger partial charge in [0.05, 0.1) is 0 Å². The Hall–Kier alpha value is -2.89. The van der Waals surface area contributed by atoms with Crippen LogP contribution in [0.4, 0.5) is 0 Å².